The third-order valence-corrected chi connectivity index (χ3v) is 3.08. The average Bonchev–Trinajstić information content (AvgIpc) is 2.38. The molecule has 0 amide bonds. The number of unbranched alkanes of at least 4 members (excludes halogenated alkanes) is 1. The Morgan fingerprint density at radius 1 is 1.22 bits per heavy atom. The van der Waals surface area contributed by atoms with Gasteiger partial charge in [-0.25, -0.2) is 4.39 Å². The van der Waals surface area contributed by atoms with Gasteiger partial charge in [0.25, 0.3) is 0 Å². The van der Waals surface area contributed by atoms with Crippen LogP contribution < -0.4 is 10.2 Å². The number of anilines is 1. The van der Waals surface area contributed by atoms with Crippen molar-refractivity contribution in [3.63, 3.8) is 0 Å². The second-order valence-electron chi connectivity index (χ2n) is 4.69. The van der Waals surface area contributed by atoms with Gasteiger partial charge in [-0.05, 0) is 31.5 Å². The molecule has 0 aliphatic carbocycles. The first-order chi connectivity index (χ1) is 8.70. The third kappa shape index (κ3) is 4.30. The van der Waals surface area contributed by atoms with Gasteiger partial charge in [-0.2, -0.15) is 0 Å². The summed E-state index contributed by atoms with van der Waals surface area (Å²) in [4.78, 5) is 2.15. The molecule has 1 rings (SSSR count). The molecule has 0 aromatic heterocycles. The Bertz CT molecular complexity index is 352. The number of benzene rings is 1. The van der Waals surface area contributed by atoms with Crippen LogP contribution in [0.15, 0.2) is 18.2 Å². The summed E-state index contributed by atoms with van der Waals surface area (Å²) in [7, 11) is 2.04. The van der Waals surface area contributed by atoms with Crippen LogP contribution in [0.5, 0.6) is 0 Å². The molecule has 2 nitrogen and oxygen atoms in total. The normalized spacial score (nSPS) is 10.7. The fraction of sp³-hybridized carbons (Fsp3) is 0.600. The largest absolute Gasteiger partial charge is 0.374 e. The Morgan fingerprint density at radius 2 is 2.00 bits per heavy atom. The predicted molar refractivity (Wildman–Crippen MR) is 76.6 cm³/mol. The topological polar surface area (TPSA) is 15.3 Å². The molecule has 0 unspecified atom stereocenters. The van der Waals surface area contributed by atoms with E-state index < -0.39 is 0 Å². The lowest BCUT2D eigenvalue weighted by Crippen LogP contribution is -2.23. The smallest absolute Gasteiger partial charge is 0.129 e. The summed E-state index contributed by atoms with van der Waals surface area (Å²) in [6.45, 7) is 6.78. The van der Waals surface area contributed by atoms with Gasteiger partial charge >= 0.3 is 0 Å². The maximum atomic E-state index is 13.9. The molecule has 0 radical (unpaired) electrons. The van der Waals surface area contributed by atoms with Gasteiger partial charge in [0.1, 0.15) is 5.82 Å². The molecule has 0 atom stereocenters. The van der Waals surface area contributed by atoms with Gasteiger partial charge in [0.15, 0.2) is 0 Å². The van der Waals surface area contributed by atoms with Gasteiger partial charge in [-0.3, -0.25) is 0 Å². The summed E-state index contributed by atoms with van der Waals surface area (Å²) in [5.74, 6) is -0.112. The summed E-state index contributed by atoms with van der Waals surface area (Å²) in [6, 6.07) is 5.33. The molecule has 1 aromatic rings. The molecule has 0 heterocycles. The monoisotopic (exact) mass is 252 g/mol. The van der Waals surface area contributed by atoms with Crippen LogP contribution in [-0.4, -0.2) is 20.1 Å². The molecular formula is C15H25FN2. The molecule has 0 fully saturated rings. The van der Waals surface area contributed by atoms with E-state index in [2.05, 4.69) is 24.1 Å². The highest BCUT2D eigenvalue weighted by atomic mass is 19.1. The van der Waals surface area contributed by atoms with Crippen molar-refractivity contribution in [2.45, 2.75) is 39.7 Å². The van der Waals surface area contributed by atoms with Crippen LogP contribution in [0, 0.1) is 5.82 Å². The van der Waals surface area contributed by atoms with Crippen molar-refractivity contribution in [3.8, 4) is 0 Å². The van der Waals surface area contributed by atoms with Crippen molar-refractivity contribution in [2.75, 3.05) is 25.0 Å². The zero-order valence-electron chi connectivity index (χ0n) is 11.8. The van der Waals surface area contributed by atoms with E-state index in [0.29, 0.717) is 6.54 Å². The van der Waals surface area contributed by atoms with Crippen LogP contribution in [0.25, 0.3) is 0 Å². The molecule has 18 heavy (non-hydrogen) atoms. The van der Waals surface area contributed by atoms with Gasteiger partial charge in [0.05, 0.1) is 0 Å². The lowest BCUT2D eigenvalue weighted by atomic mass is 10.1. The van der Waals surface area contributed by atoms with Gasteiger partial charge in [0.2, 0.25) is 0 Å². The minimum atomic E-state index is -0.112. The van der Waals surface area contributed by atoms with Crippen molar-refractivity contribution < 1.29 is 4.39 Å². The van der Waals surface area contributed by atoms with Gasteiger partial charge in [-0.15, -0.1) is 0 Å². The molecule has 0 saturated carbocycles. The Labute approximate surface area is 110 Å². The number of hydrogen-bond donors (Lipinski definition) is 1. The van der Waals surface area contributed by atoms with Crippen molar-refractivity contribution in [2.24, 2.45) is 0 Å². The Kier molecular flexibility index (Phi) is 6.73. The number of rotatable bonds is 8. The standard InChI is InChI=1S/C15H25FN2/c1-4-6-11-18(3)15-9-7-8-14(16)13(15)12-17-10-5-2/h7-9,17H,4-6,10-12H2,1-3H3. The highest BCUT2D eigenvalue weighted by Crippen LogP contribution is 2.22. The molecule has 0 aliphatic rings. The van der Waals surface area contributed by atoms with Crippen LogP contribution in [-0.2, 0) is 6.54 Å². The number of nitrogens with one attached hydrogen (secondary N) is 1. The molecule has 1 aromatic carbocycles. The van der Waals surface area contributed by atoms with Gasteiger partial charge < -0.3 is 10.2 Å². The van der Waals surface area contributed by atoms with Crippen molar-refractivity contribution in [3.05, 3.63) is 29.6 Å². The second kappa shape index (κ2) is 8.09. The van der Waals surface area contributed by atoms with Crippen molar-refractivity contribution in [1.82, 2.24) is 5.32 Å². The Balaban J connectivity index is 2.78. The van der Waals surface area contributed by atoms with Crippen LogP contribution in [0.4, 0.5) is 10.1 Å². The number of nitrogens with zero attached hydrogens (tertiary/aromatic N) is 1. The van der Waals surface area contributed by atoms with E-state index in [1.54, 1.807) is 12.1 Å². The molecule has 1 N–H and O–H groups in total. The Morgan fingerprint density at radius 3 is 2.67 bits per heavy atom. The maximum absolute atomic E-state index is 13.9. The second-order valence-corrected chi connectivity index (χ2v) is 4.69. The zero-order chi connectivity index (χ0) is 13.4. The fourth-order valence-electron chi connectivity index (χ4n) is 1.99. The average molecular weight is 252 g/mol. The van der Waals surface area contributed by atoms with Gasteiger partial charge in [0, 0.05) is 31.4 Å². The van der Waals surface area contributed by atoms with Crippen LogP contribution >= 0.6 is 0 Å². The molecule has 0 aliphatic heterocycles. The molecule has 3 heteroatoms. The molecule has 0 spiro atoms. The van der Waals surface area contributed by atoms with E-state index in [1.807, 2.05) is 13.1 Å². The lowest BCUT2D eigenvalue weighted by Gasteiger charge is -2.23. The van der Waals surface area contributed by atoms with E-state index in [0.717, 1.165) is 43.6 Å². The summed E-state index contributed by atoms with van der Waals surface area (Å²) in [5, 5.41) is 3.28. The van der Waals surface area contributed by atoms with E-state index in [4.69, 9.17) is 0 Å². The first-order valence-electron chi connectivity index (χ1n) is 6.89. The highest BCUT2D eigenvalue weighted by Gasteiger charge is 2.11. The molecule has 0 bridgehead atoms. The highest BCUT2D eigenvalue weighted by molar-refractivity contribution is 5.53. The zero-order valence-corrected chi connectivity index (χ0v) is 11.8. The summed E-state index contributed by atoms with van der Waals surface area (Å²) >= 11 is 0. The van der Waals surface area contributed by atoms with E-state index >= 15 is 0 Å². The summed E-state index contributed by atoms with van der Waals surface area (Å²) in [5.41, 5.74) is 1.79. The molecular weight excluding hydrogens is 227 g/mol. The minimum Gasteiger partial charge on any atom is -0.374 e. The fourth-order valence-corrected chi connectivity index (χ4v) is 1.99. The lowest BCUT2D eigenvalue weighted by molar-refractivity contribution is 0.585. The van der Waals surface area contributed by atoms with E-state index in [1.165, 1.54) is 0 Å². The number of hydrogen-bond acceptors (Lipinski definition) is 2. The first kappa shape index (κ1) is 15.0. The van der Waals surface area contributed by atoms with Crippen molar-refractivity contribution >= 4 is 5.69 Å². The van der Waals surface area contributed by atoms with E-state index in [-0.39, 0.29) is 5.82 Å². The molecule has 102 valence electrons. The Hall–Kier alpha value is -1.09. The number of halogens is 1. The molecule has 0 saturated heterocycles. The van der Waals surface area contributed by atoms with Crippen LogP contribution in [0.3, 0.4) is 0 Å². The SMILES string of the molecule is CCCCN(C)c1cccc(F)c1CNCCC. The quantitative estimate of drug-likeness (QED) is 0.712. The van der Waals surface area contributed by atoms with Crippen LogP contribution in [0.1, 0.15) is 38.7 Å². The first-order valence-corrected chi connectivity index (χ1v) is 6.89. The predicted octanol–water partition coefficient (Wildman–Crippen LogP) is 3.56. The summed E-state index contributed by atoms with van der Waals surface area (Å²) < 4.78 is 13.9. The van der Waals surface area contributed by atoms with Crippen LogP contribution in [0.2, 0.25) is 0 Å². The van der Waals surface area contributed by atoms with Crippen molar-refractivity contribution in [1.29, 1.82) is 0 Å². The van der Waals surface area contributed by atoms with E-state index in [9.17, 15) is 4.39 Å². The summed E-state index contributed by atoms with van der Waals surface area (Å²) in [6.07, 6.45) is 3.35. The maximum Gasteiger partial charge on any atom is 0.129 e. The third-order valence-electron chi connectivity index (χ3n) is 3.08. The minimum absolute atomic E-state index is 0.112. The van der Waals surface area contributed by atoms with Gasteiger partial charge in [-0.1, -0.05) is 26.3 Å².